The van der Waals surface area contributed by atoms with Gasteiger partial charge in [0.2, 0.25) is 0 Å². The monoisotopic (exact) mass is 280 g/mol. The number of aliphatic carboxylic acids is 1. The molecule has 8 heteroatoms. The lowest BCUT2D eigenvalue weighted by Crippen LogP contribution is -2.50. The molecule has 0 heterocycles. The average molecular weight is 280 g/mol. The summed E-state index contributed by atoms with van der Waals surface area (Å²) in [5.74, 6) is -15.6. The molecule has 0 aromatic rings. The summed E-state index contributed by atoms with van der Waals surface area (Å²) in [6.45, 7) is 3.00. The fraction of sp³-hybridized carbons (Fsp3) is 0.700. The van der Waals surface area contributed by atoms with Gasteiger partial charge in [0, 0.05) is 19.9 Å². The standard InChI is InChI=1S/C5H6F6.C5H8O2/c1-3(6,7)5(10,11)4(2,8)9;1-4(2)3-5(6)7/h1-2H3;3H,1-2H3,(H,6,7). The van der Waals surface area contributed by atoms with Crippen molar-refractivity contribution in [2.75, 3.05) is 0 Å². The molecule has 2 nitrogen and oxygen atoms in total. The number of carbonyl (C=O) groups is 1. The van der Waals surface area contributed by atoms with Gasteiger partial charge in [-0.1, -0.05) is 5.57 Å². The molecule has 0 aliphatic heterocycles. The summed E-state index contributed by atoms with van der Waals surface area (Å²) in [5.41, 5.74) is 0.813. The van der Waals surface area contributed by atoms with Crippen molar-refractivity contribution in [3.05, 3.63) is 11.6 Å². The van der Waals surface area contributed by atoms with Gasteiger partial charge in [-0.15, -0.1) is 0 Å². The topological polar surface area (TPSA) is 37.3 Å². The summed E-state index contributed by atoms with van der Waals surface area (Å²) < 4.78 is 70.9. The van der Waals surface area contributed by atoms with Crippen molar-refractivity contribution in [3.63, 3.8) is 0 Å². The minimum absolute atomic E-state index is 0.246. The largest absolute Gasteiger partial charge is 0.478 e. The van der Waals surface area contributed by atoms with Gasteiger partial charge in [-0.05, 0) is 13.8 Å². The number of carboxylic acids is 1. The Balaban J connectivity index is 0. The van der Waals surface area contributed by atoms with Gasteiger partial charge in [0.15, 0.2) is 0 Å². The third-order valence-electron chi connectivity index (χ3n) is 1.51. The molecule has 0 atom stereocenters. The van der Waals surface area contributed by atoms with E-state index in [0.29, 0.717) is 0 Å². The predicted octanol–water partition coefficient (Wildman–Crippen LogP) is 3.97. The normalized spacial score (nSPS) is 12.3. The Labute approximate surface area is 100 Å². The van der Waals surface area contributed by atoms with Gasteiger partial charge < -0.3 is 5.11 Å². The highest BCUT2D eigenvalue weighted by molar-refractivity contribution is 5.80. The van der Waals surface area contributed by atoms with E-state index in [2.05, 4.69) is 0 Å². The maximum Gasteiger partial charge on any atom is 0.371 e. The first-order valence-electron chi connectivity index (χ1n) is 4.64. The van der Waals surface area contributed by atoms with E-state index in [4.69, 9.17) is 5.11 Å². The van der Waals surface area contributed by atoms with Crippen LogP contribution in [0.1, 0.15) is 27.7 Å². The van der Waals surface area contributed by atoms with Crippen LogP contribution in [0.3, 0.4) is 0 Å². The van der Waals surface area contributed by atoms with E-state index in [1.165, 1.54) is 6.08 Å². The van der Waals surface area contributed by atoms with Crippen LogP contribution in [0.15, 0.2) is 11.6 Å². The first kappa shape index (κ1) is 19.1. The number of allylic oxidation sites excluding steroid dienone is 1. The highest BCUT2D eigenvalue weighted by atomic mass is 19.3. The molecule has 0 aliphatic rings. The Morgan fingerprint density at radius 2 is 1.22 bits per heavy atom. The van der Waals surface area contributed by atoms with E-state index in [0.717, 1.165) is 5.57 Å². The van der Waals surface area contributed by atoms with E-state index in [1.807, 2.05) is 0 Å². The van der Waals surface area contributed by atoms with Crippen LogP contribution in [0, 0.1) is 0 Å². The Morgan fingerprint density at radius 1 is 0.944 bits per heavy atom. The zero-order valence-electron chi connectivity index (χ0n) is 10.2. The lowest BCUT2D eigenvalue weighted by atomic mass is 10.1. The minimum Gasteiger partial charge on any atom is -0.478 e. The van der Waals surface area contributed by atoms with Crippen molar-refractivity contribution < 1.29 is 36.2 Å². The minimum atomic E-state index is -5.29. The molecule has 1 N–H and O–H groups in total. The van der Waals surface area contributed by atoms with Crippen LogP contribution in [0.2, 0.25) is 0 Å². The smallest absolute Gasteiger partial charge is 0.371 e. The number of hydrogen-bond acceptors (Lipinski definition) is 1. The van der Waals surface area contributed by atoms with Crippen molar-refractivity contribution in [1.82, 2.24) is 0 Å². The molecule has 0 bridgehead atoms. The third kappa shape index (κ3) is 6.51. The molecule has 0 radical (unpaired) electrons. The SMILES string of the molecule is CC(C)=CC(=O)O.CC(F)(F)C(F)(F)C(C)(F)F. The lowest BCUT2D eigenvalue weighted by molar-refractivity contribution is -0.295. The second-order valence-electron chi connectivity index (χ2n) is 3.91. The second-order valence-corrected chi connectivity index (χ2v) is 3.91. The van der Waals surface area contributed by atoms with Crippen molar-refractivity contribution in [3.8, 4) is 0 Å². The Hall–Kier alpha value is -1.21. The number of hydrogen-bond donors (Lipinski definition) is 1. The van der Waals surface area contributed by atoms with Gasteiger partial charge in [-0.3, -0.25) is 0 Å². The molecule has 0 aliphatic carbocycles. The summed E-state index contributed by atoms with van der Waals surface area (Å²) in [6, 6.07) is 0. The first-order chi connectivity index (χ1) is 7.63. The quantitative estimate of drug-likeness (QED) is 0.627. The zero-order chi connectivity index (χ0) is 15.4. The molecule has 0 aromatic heterocycles. The van der Waals surface area contributed by atoms with Crippen molar-refractivity contribution in [2.45, 2.75) is 45.5 Å². The van der Waals surface area contributed by atoms with Gasteiger partial charge in [-0.2, -0.15) is 26.3 Å². The van der Waals surface area contributed by atoms with Crippen LogP contribution in [-0.2, 0) is 4.79 Å². The molecule has 0 rings (SSSR count). The molecule has 0 saturated carbocycles. The number of alkyl halides is 6. The summed E-state index contributed by atoms with van der Waals surface area (Å²) in [7, 11) is 0. The van der Waals surface area contributed by atoms with Crippen LogP contribution in [0.25, 0.3) is 0 Å². The highest BCUT2D eigenvalue weighted by Crippen LogP contribution is 2.44. The van der Waals surface area contributed by atoms with E-state index in [-0.39, 0.29) is 13.8 Å². The maximum absolute atomic E-state index is 11.9. The van der Waals surface area contributed by atoms with E-state index in [1.54, 1.807) is 13.8 Å². The van der Waals surface area contributed by atoms with E-state index < -0.39 is 23.7 Å². The van der Waals surface area contributed by atoms with E-state index in [9.17, 15) is 31.1 Å². The van der Waals surface area contributed by atoms with Gasteiger partial charge >= 0.3 is 23.7 Å². The summed E-state index contributed by atoms with van der Waals surface area (Å²) in [4.78, 5) is 9.73. The van der Waals surface area contributed by atoms with Gasteiger partial charge in [0.25, 0.3) is 0 Å². The van der Waals surface area contributed by atoms with Crippen molar-refractivity contribution >= 4 is 5.97 Å². The molecule has 0 unspecified atom stereocenters. The Bertz CT molecular complexity index is 291. The number of halogens is 6. The van der Waals surface area contributed by atoms with Crippen LogP contribution in [-0.4, -0.2) is 28.8 Å². The van der Waals surface area contributed by atoms with Crippen molar-refractivity contribution in [2.24, 2.45) is 0 Å². The maximum atomic E-state index is 11.9. The molecule has 108 valence electrons. The van der Waals surface area contributed by atoms with Crippen molar-refractivity contribution in [1.29, 1.82) is 0 Å². The number of carboxylic acid groups (broad SMARTS) is 1. The molecule has 18 heavy (non-hydrogen) atoms. The van der Waals surface area contributed by atoms with Crippen LogP contribution < -0.4 is 0 Å². The molecular weight excluding hydrogens is 266 g/mol. The molecule has 0 fully saturated rings. The molecule has 0 spiro atoms. The fourth-order valence-electron chi connectivity index (χ4n) is 0.632. The Morgan fingerprint density at radius 3 is 1.22 bits per heavy atom. The zero-order valence-corrected chi connectivity index (χ0v) is 10.2. The number of rotatable bonds is 3. The molecule has 0 amide bonds. The molecule has 0 saturated heterocycles. The molecular formula is C10H14F6O2. The predicted molar refractivity (Wildman–Crippen MR) is 53.3 cm³/mol. The van der Waals surface area contributed by atoms with Gasteiger partial charge in [0.1, 0.15) is 0 Å². The van der Waals surface area contributed by atoms with E-state index >= 15 is 0 Å². The fourth-order valence-corrected chi connectivity index (χ4v) is 0.632. The average Bonchev–Trinajstić information content (AvgIpc) is 1.97. The van der Waals surface area contributed by atoms with Crippen LogP contribution >= 0.6 is 0 Å². The van der Waals surface area contributed by atoms with Gasteiger partial charge in [0.05, 0.1) is 0 Å². The molecule has 0 aromatic carbocycles. The summed E-state index contributed by atoms with van der Waals surface area (Å²) in [5, 5.41) is 8.01. The van der Waals surface area contributed by atoms with Gasteiger partial charge in [-0.25, -0.2) is 4.79 Å². The van der Waals surface area contributed by atoms with Crippen LogP contribution in [0.4, 0.5) is 26.3 Å². The summed E-state index contributed by atoms with van der Waals surface area (Å²) in [6.07, 6.45) is 1.17. The third-order valence-corrected chi connectivity index (χ3v) is 1.51. The highest BCUT2D eigenvalue weighted by Gasteiger charge is 2.66. The first-order valence-corrected chi connectivity index (χ1v) is 4.64. The second kappa shape index (κ2) is 6.10. The Kier molecular flexibility index (Phi) is 6.49. The summed E-state index contributed by atoms with van der Waals surface area (Å²) >= 11 is 0. The lowest BCUT2D eigenvalue weighted by Gasteiger charge is -2.27. The van der Waals surface area contributed by atoms with Crippen LogP contribution in [0.5, 0.6) is 0 Å².